The number of benzene rings is 1. The van der Waals surface area contributed by atoms with Crippen LogP contribution in [0.25, 0.3) is 0 Å². The fraction of sp³-hybridized carbons (Fsp3) is 0.125. The largest absolute Gasteiger partial charge is 0.397 e. The molecule has 0 unspecified atom stereocenters. The van der Waals surface area contributed by atoms with Crippen LogP contribution >= 0.6 is 0 Å². The highest BCUT2D eigenvalue weighted by atomic mass is 19.1. The van der Waals surface area contributed by atoms with Gasteiger partial charge in [-0.15, -0.1) is 0 Å². The topological polar surface area (TPSA) is 69.1 Å². The van der Waals surface area contributed by atoms with Crippen molar-refractivity contribution in [2.45, 2.75) is 6.92 Å². The first-order chi connectivity index (χ1) is 5.52. The van der Waals surface area contributed by atoms with Gasteiger partial charge in [0.2, 0.25) is 0 Å². The highest BCUT2D eigenvalue weighted by Crippen LogP contribution is 2.20. The second-order valence-electron chi connectivity index (χ2n) is 2.52. The Morgan fingerprint density at radius 1 is 1.42 bits per heavy atom. The summed E-state index contributed by atoms with van der Waals surface area (Å²) in [5.74, 6) is -0.888. The summed E-state index contributed by atoms with van der Waals surface area (Å²) >= 11 is 0. The summed E-state index contributed by atoms with van der Waals surface area (Å²) in [6.45, 7) is 1.34. The molecule has 0 amide bonds. The Bertz CT molecular complexity index is 313. The number of anilines is 2. The van der Waals surface area contributed by atoms with Crippen LogP contribution in [0.15, 0.2) is 12.1 Å². The first kappa shape index (κ1) is 8.52. The normalized spacial score (nSPS) is 9.83. The summed E-state index contributed by atoms with van der Waals surface area (Å²) < 4.78 is 12.8. The van der Waals surface area contributed by atoms with Gasteiger partial charge >= 0.3 is 0 Å². The minimum Gasteiger partial charge on any atom is -0.397 e. The van der Waals surface area contributed by atoms with Crippen LogP contribution in [-0.2, 0) is 0 Å². The number of hydrogen-bond donors (Lipinski definition) is 2. The van der Waals surface area contributed by atoms with E-state index in [1.165, 1.54) is 13.0 Å². The third-order valence-electron chi connectivity index (χ3n) is 1.57. The molecule has 1 aromatic rings. The van der Waals surface area contributed by atoms with E-state index in [-0.39, 0.29) is 22.7 Å². The van der Waals surface area contributed by atoms with Crippen molar-refractivity contribution in [1.29, 1.82) is 0 Å². The van der Waals surface area contributed by atoms with Gasteiger partial charge in [0.25, 0.3) is 0 Å². The summed E-state index contributed by atoms with van der Waals surface area (Å²) in [5.41, 5.74) is 10.8. The summed E-state index contributed by atoms with van der Waals surface area (Å²) in [6.07, 6.45) is 0. The molecule has 0 bridgehead atoms. The molecule has 0 heterocycles. The van der Waals surface area contributed by atoms with Gasteiger partial charge in [-0.05, 0) is 19.1 Å². The Hall–Kier alpha value is -1.58. The number of nitrogen functional groups attached to an aromatic ring is 2. The molecule has 12 heavy (non-hydrogen) atoms. The molecule has 1 aromatic carbocycles. The Kier molecular flexibility index (Phi) is 1.99. The van der Waals surface area contributed by atoms with Crippen LogP contribution in [0.5, 0.6) is 0 Å². The van der Waals surface area contributed by atoms with Crippen molar-refractivity contribution in [3.63, 3.8) is 0 Å². The second kappa shape index (κ2) is 2.81. The van der Waals surface area contributed by atoms with Gasteiger partial charge in [0.05, 0.1) is 11.4 Å². The van der Waals surface area contributed by atoms with Crippen molar-refractivity contribution in [3.8, 4) is 0 Å². The van der Waals surface area contributed by atoms with E-state index >= 15 is 0 Å². The smallest absolute Gasteiger partial charge is 0.159 e. The minimum absolute atomic E-state index is 0.0974. The van der Waals surface area contributed by atoms with Gasteiger partial charge in [-0.2, -0.15) is 0 Å². The van der Waals surface area contributed by atoms with Crippen molar-refractivity contribution in [3.05, 3.63) is 23.5 Å². The Morgan fingerprint density at radius 3 is 2.42 bits per heavy atom. The molecule has 0 aliphatic carbocycles. The molecule has 1 rings (SSSR count). The number of carbonyl (C=O) groups is 1. The van der Waals surface area contributed by atoms with Crippen LogP contribution in [-0.4, -0.2) is 5.78 Å². The fourth-order valence-corrected chi connectivity index (χ4v) is 0.842. The minimum atomic E-state index is -0.653. The van der Waals surface area contributed by atoms with Gasteiger partial charge in [0, 0.05) is 5.56 Å². The molecule has 64 valence electrons. The predicted molar refractivity (Wildman–Crippen MR) is 45.2 cm³/mol. The summed E-state index contributed by atoms with van der Waals surface area (Å²) in [6, 6.07) is 2.44. The molecular weight excluding hydrogens is 159 g/mol. The zero-order chi connectivity index (χ0) is 9.30. The summed E-state index contributed by atoms with van der Waals surface area (Å²) in [7, 11) is 0. The average Bonchev–Trinajstić information content (AvgIpc) is 1.99. The third kappa shape index (κ3) is 1.37. The Balaban J connectivity index is 3.31. The van der Waals surface area contributed by atoms with E-state index in [4.69, 9.17) is 11.5 Å². The molecule has 0 radical (unpaired) electrons. The Morgan fingerprint density at radius 2 is 2.00 bits per heavy atom. The Labute approximate surface area is 69.2 Å². The van der Waals surface area contributed by atoms with Crippen LogP contribution in [0.1, 0.15) is 17.3 Å². The lowest BCUT2D eigenvalue weighted by Crippen LogP contribution is -2.02. The number of nitrogens with two attached hydrogens (primary N) is 2. The zero-order valence-corrected chi connectivity index (χ0v) is 6.60. The maximum absolute atomic E-state index is 12.8. The molecule has 4 N–H and O–H groups in total. The van der Waals surface area contributed by atoms with Crippen LogP contribution < -0.4 is 11.5 Å². The number of rotatable bonds is 1. The van der Waals surface area contributed by atoms with Crippen molar-refractivity contribution in [2.75, 3.05) is 11.5 Å². The van der Waals surface area contributed by atoms with Crippen molar-refractivity contribution < 1.29 is 9.18 Å². The highest BCUT2D eigenvalue weighted by molar-refractivity contribution is 5.95. The van der Waals surface area contributed by atoms with E-state index in [2.05, 4.69) is 0 Å². The van der Waals surface area contributed by atoms with Gasteiger partial charge in [0.15, 0.2) is 5.78 Å². The molecule has 0 saturated heterocycles. The lowest BCUT2D eigenvalue weighted by molar-refractivity contribution is 0.101. The summed E-state index contributed by atoms with van der Waals surface area (Å²) in [5, 5.41) is 0. The van der Waals surface area contributed by atoms with E-state index in [0.717, 1.165) is 6.07 Å². The number of ketones is 1. The van der Waals surface area contributed by atoms with Gasteiger partial charge in [-0.3, -0.25) is 4.79 Å². The van der Waals surface area contributed by atoms with Crippen LogP contribution in [0.2, 0.25) is 0 Å². The molecule has 0 aromatic heterocycles. The number of carbonyl (C=O) groups excluding carboxylic acids is 1. The van der Waals surface area contributed by atoms with E-state index < -0.39 is 5.82 Å². The number of hydrogen-bond acceptors (Lipinski definition) is 3. The summed E-state index contributed by atoms with van der Waals surface area (Å²) in [4.78, 5) is 10.8. The quantitative estimate of drug-likeness (QED) is 0.489. The lowest BCUT2D eigenvalue weighted by Gasteiger charge is -2.03. The van der Waals surface area contributed by atoms with Crippen LogP contribution in [0, 0.1) is 5.82 Å². The highest BCUT2D eigenvalue weighted by Gasteiger charge is 2.07. The van der Waals surface area contributed by atoms with E-state index in [0.29, 0.717) is 0 Å². The first-order valence-electron chi connectivity index (χ1n) is 3.38. The average molecular weight is 168 g/mol. The standard InChI is InChI=1S/C8H9FN2O/c1-4(12)5-2-6(9)8(11)7(10)3-5/h2-3H,10-11H2,1H3. The second-order valence-corrected chi connectivity index (χ2v) is 2.52. The molecule has 0 aliphatic rings. The lowest BCUT2D eigenvalue weighted by atomic mass is 10.1. The molecule has 0 fully saturated rings. The van der Waals surface area contributed by atoms with Gasteiger partial charge < -0.3 is 11.5 Å². The third-order valence-corrected chi connectivity index (χ3v) is 1.57. The number of Topliss-reactive ketones (excluding diaryl/α,β-unsaturated/α-hetero) is 1. The van der Waals surface area contributed by atoms with Gasteiger partial charge in [-0.25, -0.2) is 4.39 Å². The zero-order valence-electron chi connectivity index (χ0n) is 6.60. The van der Waals surface area contributed by atoms with Gasteiger partial charge in [0.1, 0.15) is 5.82 Å². The monoisotopic (exact) mass is 168 g/mol. The van der Waals surface area contributed by atoms with Crippen molar-refractivity contribution in [1.82, 2.24) is 0 Å². The van der Waals surface area contributed by atoms with Crippen molar-refractivity contribution >= 4 is 17.2 Å². The molecule has 0 spiro atoms. The molecule has 0 saturated carbocycles. The van der Waals surface area contributed by atoms with Crippen LogP contribution in [0.4, 0.5) is 15.8 Å². The van der Waals surface area contributed by atoms with E-state index in [1.807, 2.05) is 0 Å². The maximum Gasteiger partial charge on any atom is 0.159 e. The van der Waals surface area contributed by atoms with E-state index in [1.54, 1.807) is 0 Å². The molecule has 3 nitrogen and oxygen atoms in total. The molecule has 0 atom stereocenters. The van der Waals surface area contributed by atoms with Crippen LogP contribution in [0.3, 0.4) is 0 Å². The van der Waals surface area contributed by atoms with Gasteiger partial charge in [-0.1, -0.05) is 0 Å². The van der Waals surface area contributed by atoms with Crippen molar-refractivity contribution in [2.24, 2.45) is 0 Å². The molecule has 4 heteroatoms. The first-order valence-corrected chi connectivity index (χ1v) is 3.38. The molecule has 0 aliphatic heterocycles. The predicted octanol–water partition coefficient (Wildman–Crippen LogP) is 1.19. The maximum atomic E-state index is 12.8. The fourth-order valence-electron chi connectivity index (χ4n) is 0.842. The SMILES string of the molecule is CC(=O)c1cc(N)c(N)c(F)c1. The number of halogens is 1. The van der Waals surface area contributed by atoms with E-state index in [9.17, 15) is 9.18 Å². The molecular formula is C8H9FN2O.